The van der Waals surface area contributed by atoms with Gasteiger partial charge in [-0.25, -0.2) is 0 Å². The smallest absolute Gasteiger partial charge is 0.503 e. The van der Waals surface area contributed by atoms with E-state index >= 15 is 0 Å². The number of hydrogen-bond acceptors (Lipinski definition) is 6. The summed E-state index contributed by atoms with van der Waals surface area (Å²) in [5.41, 5.74) is 1.06. The molecule has 33 heavy (non-hydrogen) atoms. The summed E-state index contributed by atoms with van der Waals surface area (Å²) in [6, 6.07) is 15.4. The van der Waals surface area contributed by atoms with Crippen LogP contribution in [0.25, 0.3) is 0 Å². The summed E-state index contributed by atoms with van der Waals surface area (Å²) in [5.74, 6) is -1.95. The van der Waals surface area contributed by atoms with Crippen molar-refractivity contribution in [3.05, 3.63) is 60.7 Å². The predicted octanol–water partition coefficient (Wildman–Crippen LogP) is 0.789. The summed E-state index contributed by atoms with van der Waals surface area (Å²) >= 11 is 0. The summed E-state index contributed by atoms with van der Waals surface area (Å²) < 4.78 is 42.0. The zero-order chi connectivity index (χ0) is 23.9. The number of benzene rings is 2. The molecule has 172 valence electrons. The fourth-order valence-corrected chi connectivity index (χ4v) is 6.66. The Balaban J connectivity index is 1.87. The third-order valence-electron chi connectivity index (χ3n) is 5.91. The van der Waals surface area contributed by atoms with Crippen LogP contribution in [0.1, 0.15) is 27.7 Å². The number of rotatable bonds is 6. The molecule has 0 N–H and O–H groups in total. The van der Waals surface area contributed by atoms with Gasteiger partial charge in [-0.05, 0) is 22.8 Å². The second kappa shape index (κ2) is 8.96. The van der Waals surface area contributed by atoms with E-state index in [0.717, 1.165) is 8.43 Å². The maximum atomic E-state index is 14.3. The molecule has 2 atom stereocenters. The standard InChI is InChI=1S/C22H26B2N2O6S/c1-15(2)19-21(27)31-23(17-11-7-5-8-12-17)25(19)33(29,30)26-20(16(3)4)22(28)32-24(26)18-13-9-6-10-14-18/h5-16,19-20H,1-4H3/t19-,20-/m0/s1. The summed E-state index contributed by atoms with van der Waals surface area (Å²) in [4.78, 5) is 25.7. The Hall–Kier alpha value is -2.62. The first-order valence-electron chi connectivity index (χ1n) is 11.0. The highest BCUT2D eigenvalue weighted by molar-refractivity contribution is 7.89. The lowest BCUT2D eigenvalue weighted by atomic mass is 9.73. The highest BCUT2D eigenvalue weighted by Gasteiger charge is 2.62. The van der Waals surface area contributed by atoms with Crippen LogP contribution >= 0.6 is 0 Å². The fourth-order valence-electron chi connectivity index (χ4n) is 4.40. The van der Waals surface area contributed by atoms with Crippen LogP contribution in [0.3, 0.4) is 0 Å². The number of hydrogen-bond donors (Lipinski definition) is 0. The molecular formula is C22H26B2N2O6S. The fraction of sp³-hybridized carbons (Fsp3) is 0.364. The Morgan fingerprint density at radius 1 is 0.697 bits per heavy atom. The van der Waals surface area contributed by atoms with Gasteiger partial charge in [-0.15, -0.1) is 0 Å². The molecule has 0 radical (unpaired) electrons. The van der Waals surface area contributed by atoms with E-state index in [1.807, 2.05) is 0 Å². The van der Waals surface area contributed by atoms with Crippen LogP contribution in [0.4, 0.5) is 0 Å². The Morgan fingerprint density at radius 2 is 1.03 bits per heavy atom. The lowest BCUT2D eigenvalue weighted by Gasteiger charge is -2.33. The van der Waals surface area contributed by atoms with Crippen molar-refractivity contribution in [1.82, 2.24) is 8.43 Å². The molecule has 2 aliphatic heterocycles. The molecule has 2 fully saturated rings. The molecule has 0 aromatic heterocycles. The normalized spacial score (nSPS) is 22.4. The summed E-state index contributed by atoms with van der Waals surface area (Å²) in [7, 11) is -6.70. The molecule has 2 aromatic rings. The Labute approximate surface area is 195 Å². The van der Waals surface area contributed by atoms with E-state index in [4.69, 9.17) is 9.31 Å². The molecule has 0 unspecified atom stereocenters. The highest BCUT2D eigenvalue weighted by atomic mass is 32.2. The Kier molecular flexibility index (Phi) is 6.39. The monoisotopic (exact) mass is 468 g/mol. The lowest BCUT2D eigenvalue weighted by molar-refractivity contribution is -0.136. The Morgan fingerprint density at radius 3 is 1.33 bits per heavy atom. The molecule has 0 amide bonds. The molecule has 0 bridgehead atoms. The van der Waals surface area contributed by atoms with Gasteiger partial charge in [0.2, 0.25) is 0 Å². The lowest BCUT2D eigenvalue weighted by Crippen LogP contribution is -2.62. The molecule has 2 saturated heterocycles. The zero-order valence-electron chi connectivity index (χ0n) is 19.0. The number of carbonyl (C=O) groups excluding carboxylic acids is 2. The Bertz CT molecular complexity index is 1050. The molecule has 4 rings (SSSR count). The maximum absolute atomic E-state index is 14.3. The third kappa shape index (κ3) is 4.09. The highest BCUT2D eigenvalue weighted by Crippen LogP contribution is 2.33. The van der Waals surface area contributed by atoms with Crippen molar-refractivity contribution in [3.63, 3.8) is 0 Å². The van der Waals surface area contributed by atoms with Gasteiger partial charge in [-0.1, -0.05) is 88.4 Å². The van der Waals surface area contributed by atoms with E-state index < -0.39 is 48.3 Å². The van der Waals surface area contributed by atoms with Crippen LogP contribution in [0, 0.1) is 11.8 Å². The van der Waals surface area contributed by atoms with Gasteiger partial charge in [0.1, 0.15) is 12.1 Å². The summed E-state index contributed by atoms with van der Waals surface area (Å²) in [6.45, 7) is 7.06. The minimum atomic E-state index is -4.41. The van der Waals surface area contributed by atoms with Crippen LogP contribution in [0.15, 0.2) is 60.7 Å². The van der Waals surface area contributed by atoms with Crippen LogP contribution in [-0.2, 0) is 29.1 Å². The molecule has 2 aromatic carbocycles. The van der Waals surface area contributed by atoms with Crippen molar-refractivity contribution in [2.24, 2.45) is 11.8 Å². The van der Waals surface area contributed by atoms with Gasteiger partial charge in [0, 0.05) is 0 Å². The van der Waals surface area contributed by atoms with Gasteiger partial charge in [0.05, 0.1) is 0 Å². The van der Waals surface area contributed by atoms with Crippen LogP contribution < -0.4 is 10.9 Å². The number of carbonyl (C=O) groups is 2. The van der Waals surface area contributed by atoms with Crippen molar-refractivity contribution in [3.8, 4) is 0 Å². The molecule has 11 heteroatoms. The zero-order valence-corrected chi connectivity index (χ0v) is 19.8. The van der Waals surface area contributed by atoms with E-state index in [1.54, 1.807) is 88.4 Å². The molecular weight excluding hydrogens is 442 g/mol. The minimum Gasteiger partial charge on any atom is -0.514 e. The van der Waals surface area contributed by atoms with E-state index in [-0.39, 0.29) is 11.8 Å². The second-order valence-electron chi connectivity index (χ2n) is 8.95. The molecule has 0 saturated carbocycles. The first kappa shape index (κ1) is 23.5. The van der Waals surface area contributed by atoms with Gasteiger partial charge in [0.25, 0.3) is 10.2 Å². The first-order chi connectivity index (χ1) is 15.6. The average molecular weight is 468 g/mol. The van der Waals surface area contributed by atoms with Gasteiger partial charge in [-0.3, -0.25) is 9.59 Å². The summed E-state index contributed by atoms with van der Waals surface area (Å²) in [5, 5.41) is 0. The average Bonchev–Trinajstić information content (AvgIpc) is 3.33. The minimum absolute atomic E-state index is 0.354. The van der Waals surface area contributed by atoms with Gasteiger partial charge < -0.3 is 9.31 Å². The summed E-state index contributed by atoms with van der Waals surface area (Å²) in [6.07, 6.45) is 0. The van der Waals surface area contributed by atoms with Gasteiger partial charge in [-0.2, -0.15) is 16.9 Å². The van der Waals surface area contributed by atoms with Crippen molar-refractivity contribution in [2.75, 3.05) is 0 Å². The van der Waals surface area contributed by atoms with Gasteiger partial charge in [0.15, 0.2) is 0 Å². The van der Waals surface area contributed by atoms with E-state index in [0.29, 0.717) is 10.9 Å². The third-order valence-corrected chi connectivity index (χ3v) is 7.82. The van der Waals surface area contributed by atoms with Crippen LogP contribution in [0.5, 0.6) is 0 Å². The molecule has 2 heterocycles. The van der Waals surface area contributed by atoms with E-state index in [9.17, 15) is 18.0 Å². The largest absolute Gasteiger partial charge is 0.514 e. The van der Waals surface area contributed by atoms with Crippen LogP contribution in [0.2, 0.25) is 0 Å². The van der Waals surface area contributed by atoms with Gasteiger partial charge >= 0.3 is 26.0 Å². The maximum Gasteiger partial charge on any atom is 0.503 e. The molecule has 8 nitrogen and oxygen atoms in total. The second-order valence-corrected chi connectivity index (χ2v) is 10.7. The molecule has 2 aliphatic rings. The topological polar surface area (TPSA) is 93.2 Å². The van der Waals surface area contributed by atoms with Crippen LogP contribution in [-0.4, -0.2) is 55.0 Å². The number of nitrogens with zero attached hydrogens (tertiary/aromatic N) is 2. The SMILES string of the molecule is CC(C)[C@H]1C(=O)OB(c2ccccc2)N1S(=O)(=O)N1B(c2ccccc2)OC(=O)[C@@H]1C(C)C. The van der Waals surface area contributed by atoms with E-state index in [1.165, 1.54) is 0 Å². The first-order valence-corrected chi connectivity index (χ1v) is 12.4. The molecule has 0 aliphatic carbocycles. The van der Waals surface area contributed by atoms with Crippen molar-refractivity contribution in [1.29, 1.82) is 0 Å². The van der Waals surface area contributed by atoms with Crippen molar-refractivity contribution < 1.29 is 27.3 Å². The quantitative estimate of drug-likeness (QED) is 0.583. The van der Waals surface area contributed by atoms with Crippen molar-refractivity contribution in [2.45, 2.75) is 39.8 Å². The molecule has 0 spiro atoms. The predicted molar refractivity (Wildman–Crippen MR) is 126 cm³/mol. The van der Waals surface area contributed by atoms with E-state index in [2.05, 4.69) is 0 Å². The van der Waals surface area contributed by atoms with Crippen molar-refractivity contribution >= 4 is 47.2 Å².